The summed E-state index contributed by atoms with van der Waals surface area (Å²) in [6, 6.07) is 3.62. The molecule has 2 heterocycles. The molecule has 1 aromatic carbocycles. The van der Waals surface area contributed by atoms with Gasteiger partial charge in [-0.25, -0.2) is 0 Å². The van der Waals surface area contributed by atoms with Crippen molar-refractivity contribution in [2.24, 2.45) is 0 Å². The Morgan fingerprint density at radius 2 is 2.00 bits per heavy atom. The monoisotopic (exact) mass is 516 g/mol. The molecule has 0 aliphatic carbocycles. The van der Waals surface area contributed by atoms with Crippen LogP contribution in [0.5, 0.6) is 11.5 Å². The Balaban J connectivity index is 1.80. The van der Waals surface area contributed by atoms with E-state index in [4.69, 9.17) is 9.47 Å². The average Bonchev–Trinajstić information content (AvgIpc) is 3.27. The Morgan fingerprint density at radius 1 is 1.29 bits per heavy atom. The minimum Gasteiger partial charge on any atom is -0.492 e. The maximum atomic E-state index is 12.7. The van der Waals surface area contributed by atoms with Gasteiger partial charge in [0, 0.05) is 13.1 Å². The zero-order valence-corrected chi connectivity index (χ0v) is 18.7. The molecule has 7 nitrogen and oxygen atoms in total. The number of imide groups is 1. The lowest BCUT2D eigenvalue weighted by molar-refractivity contribution is -0.135. The highest BCUT2D eigenvalue weighted by atomic mass is 127. The minimum absolute atomic E-state index is 0.182. The summed E-state index contributed by atoms with van der Waals surface area (Å²) >= 11 is 2.98. The summed E-state index contributed by atoms with van der Waals surface area (Å²) in [6.07, 6.45) is 3.58. The van der Waals surface area contributed by atoms with Crippen LogP contribution in [-0.4, -0.2) is 60.2 Å². The van der Waals surface area contributed by atoms with Crippen LogP contribution in [0.3, 0.4) is 0 Å². The SMILES string of the molecule is CCOc1cc(/C=C2/SC(=O)N(CC(=O)N3CCCC3)C2=O)cc(I)c1OC. The predicted molar refractivity (Wildman–Crippen MR) is 115 cm³/mol. The van der Waals surface area contributed by atoms with E-state index >= 15 is 0 Å². The number of ether oxygens (including phenoxy) is 2. The molecule has 3 rings (SSSR count). The Hall–Kier alpha value is -1.75. The van der Waals surface area contributed by atoms with Crippen LogP contribution in [0.15, 0.2) is 17.0 Å². The van der Waals surface area contributed by atoms with Crippen molar-refractivity contribution in [1.29, 1.82) is 0 Å². The highest BCUT2D eigenvalue weighted by molar-refractivity contribution is 14.1. The molecule has 2 aliphatic heterocycles. The van der Waals surface area contributed by atoms with Crippen LogP contribution < -0.4 is 9.47 Å². The van der Waals surface area contributed by atoms with Gasteiger partial charge < -0.3 is 14.4 Å². The van der Waals surface area contributed by atoms with Gasteiger partial charge in [-0.05, 0) is 77.9 Å². The Bertz CT molecular complexity index is 836. The topological polar surface area (TPSA) is 76.2 Å². The predicted octanol–water partition coefficient (Wildman–Crippen LogP) is 3.36. The van der Waals surface area contributed by atoms with Gasteiger partial charge in [0.25, 0.3) is 11.1 Å². The molecule has 0 aromatic heterocycles. The first-order valence-electron chi connectivity index (χ1n) is 8.98. The van der Waals surface area contributed by atoms with Crippen molar-refractivity contribution in [3.8, 4) is 11.5 Å². The van der Waals surface area contributed by atoms with Crippen LogP contribution >= 0.6 is 34.4 Å². The third kappa shape index (κ3) is 4.45. The highest BCUT2D eigenvalue weighted by Crippen LogP contribution is 2.37. The molecule has 0 saturated carbocycles. The smallest absolute Gasteiger partial charge is 0.294 e. The number of likely N-dealkylation sites (tertiary alicyclic amines) is 1. The van der Waals surface area contributed by atoms with Gasteiger partial charge in [0.1, 0.15) is 6.54 Å². The summed E-state index contributed by atoms with van der Waals surface area (Å²) in [5.74, 6) is 0.584. The first kappa shape index (κ1) is 21.0. The third-order valence-corrected chi connectivity index (χ3v) is 6.17. The van der Waals surface area contributed by atoms with Crippen LogP contribution in [0.25, 0.3) is 6.08 Å². The summed E-state index contributed by atoms with van der Waals surface area (Å²) in [5, 5.41) is -0.419. The van der Waals surface area contributed by atoms with Crippen LogP contribution in [0, 0.1) is 3.57 Å². The van der Waals surface area contributed by atoms with Gasteiger partial charge in [-0.3, -0.25) is 19.3 Å². The van der Waals surface area contributed by atoms with Gasteiger partial charge in [0.05, 0.1) is 22.2 Å². The summed E-state index contributed by atoms with van der Waals surface area (Å²) < 4.78 is 11.8. The second-order valence-electron chi connectivity index (χ2n) is 6.32. The first-order chi connectivity index (χ1) is 13.4. The first-order valence-corrected chi connectivity index (χ1v) is 10.9. The number of carbonyl (C=O) groups excluding carboxylic acids is 3. The quantitative estimate of drug-likeness (QED) is 0.427. The molecule has 2 fully saturated rings. The number of hydrogen-bond acceptors (Lipinski definition) is 6. The number of amides is 3. The van der Waals surface area contributed by atoms with E-state index in [0.29, 0.717) is 36.1 Å². The molecule has 0 N–H and O–H groups in total. The number of rotatable bonds is 6. The maximum absolute atomic E-state index is 12.7. The van der Waals surface area contributed by atoms with Crippen molar-refractivity contribution >= 4 is 57.5 Å². The van der Waals surface area contributed by atoms with E-state index in [-0.39, 0.29) is 12.5 Å². The largest absolute Gasteiger partial charge is 0.492 e. The number of carbonyl (C=O) groups is 3. The van der Waals surface area contributed by atoms with Gasteiger partial charge in [0.2, 0.25) is 5.91 Å². The van der Waals surface area contributed by atoms with E-state index in [0.717, 1.165) is 38.6 Å². The molecule has 1 aromatic rings. The molecule has 28 heavy (non-hydrogen) atoms. The van der Waals surface area contributed by atoms with Crippen molar-refractivity contribution in [2.45, 2.75) is 19.8 Å². The molecule has 2 aliphatic rings. The van der Waals surface area contributed by atoms with Crippen LogP contribution in [0.1, 0.15) is 25.3 Å². The number of thioether (sulfide) groups is 1. The Labute approximate surface area is 181 Å². The number of benzene rings is 1. The van der Waals surface area contributed by atoms with Gasteiger partial charge >= 0.3 is 0 Å². The van der Waals surface area contributed by atoms with Crippen molar-refractivity contribution in [3.05, 3.63) is 26.2 Å². The van der Waals surface area contributed by atoms with E-state index in [2.05, 4.69) is 22.6 Å². The fourth-order valence-electron chi connectivity index (χ4n) is 3.12. The molecule has 3 amide bonds. The molecule has 150 valence electrons. The van der Waals surface area contributed by atoms with Crippen LogP contribution in [0.4, 0.5) is 4.79 Å². The zero-order chi connectivity index (χ0) is 20.3. The van der Waals surface area contributed by atoms with E-state index in [1.165, 1.54) is 0 Å². The molecule has 0 bridgehead atoms. The summed E-state index contributed by atoms with van der Waals surface area (Å²) in [4.78, 5) is 40.3. The fraction of sp³-hybridized carbons (Fsp3) is 0.421. The van der Waals surface area contributed by atoms with Crippen molar-refractivity contribution in [2.75, 3.05) is 33.4 Å². The molecular weight excluding hydrogens is 495 g/mol. The molecule has 0 atom stereocenters. The molecule has 9 heteroatoms. The summed E-state index contributed by atoms with van der Waals surface area (Å²) in [7, 11) is 1.57. The number of nitrogens with zero attached hydrogens (tertiary/aromatic N) is 2. The number of methoxy groups -OCH3 is 1. The normalized spacial score (nSPS) is 18.3. The Morgan fingerprint density at radius 3 is 2.64 bits per heavy atom. The van der Waals surface area contributed by atoms with E-state index in [9.17, 15) is 14.4 Å². The fourth-order valence-corrected chi connectivity index (χ4v) is 4.81. The van der Waals surface area contributed by atoms with Crippen LogP contribution in [0.2, 0.25) is 0 Å². The average molecular weight is 516 g/mol. The van der Waals surface area contributed by atoms with Gasteiger partial charge in [0.15, 0.2) is 11.5 Å². The molecule has 0 unspecified atom stereocenters. The highest BCUT2D eigenvalue weighted by Gasteiger charge is 2.37. The minimum atomic E-state index is -0.439. The number of hydrogen-bond donors (Lipinski definition) is 0. The second-order valence-corrected chi connectivity index (χ2v) is 8.48. The van der Waals surface area contributed by atoms with Crippen molar-refractivity contribution in [3.63, 3.8) is 0 Å². The van der Waals surface area contributed by atoms with Crippen LogP contribution in [-0.2, 0) is 9.59 Å². The van der Waals surface area contributed by atoms with E-state index in [1.807, 2.05) is 13.0 Å². The van der Waals surface area contributed by atoms with E-state index < -0.39 is 11.1 Å². The van der Waals surface area contributed by atoms with Gasteiger partial charge in [-0.1, -0.05) is 0 Å². The lowest BCUT2D eigenvalue weighted by Crippen LogP contribution is -2.40. The molecule has 2 saturated heterocycles. The maximum Gasteiger partial charge on any atom is 0.294 e. The molecular formula is C19H21IN2O5S. The lowest BCUT2D eigenvalue weighted by atomic mass is 10.2. The Kier molecular flexibility index (Phi) is 6.86. The van der Waals surface area contributed by atoms with E-state index in [1.54, 1.807) is 24.2 Å². The second kappa shape index (κ2) is 9.17. The lowest BCUT2D eigenvalue weighted by Gasteiger charge is -2.18. The number of halogens is 1. The van der Waals surface area contributed by atoms with Crippen molar-refractivity contribution < 1.29 is 23.9 Å². The zero-order valence-electron chi connectivity index (χ0n) is 15.7. The molecule has 0 radical (unpaired) electrons. The summed E-state index contributed by atoms with van der Waals surface area (Å²) in [6.45, 7) is 3.53. The van der Waals surface area contributed by atoms with Gasteiger partial charge in [-0.2, -0.15) is 0 Å². The van der Waals surface area contributed by atoms with Crippen molar-refractivity contribution in [1.82, 2.24) is 9.80 Å². The van der Waals surface area contributed by atoms with Gasteiger partial charge in [-0.15, -0.1) is 0 Å². The summed E-state index contributed by atoms with van der Waals surface area (Å²) in [5.41, 5.74) is 0.727. The molecule has 0 spiro atoms. The third-order valence-electron chi connectivity index (χ3n) is 4.46. The standard InChI is InChI=1S/C19H21IN2O5S/c1-3-27-14-9-12(8-13(20)17(14)26-2)10-15-18(24)22(19(25)28-15)11-16(23)21-6-4-5-7-21/h8-10H,3-7,11H2,1-2H3/b15-10+.